The molecule has 160 valence electrons. The van der Waals surface area contributed by atoms with Crippen LogP contribution in [0.5, 0.6) is 0 Å². The number of halogens is 1. The highest BCUT2D eigenvalue weighted by atomic mass is 35.5. The van der Waals surface area contributed by atoms with Crippen molar-refractivity contribution in [2.75, 3.05) is 17.2 Å². The molecule has 0 atom stereocenters. The maximum absolute atomic E-state index is 12.4. The van der Waals surface area contributed by atoms with Crippen LogP contribution in [0.1, 0.15) is 15.9 Å². The van der Waals surface area contributed by atoms with Gasteiger partial charge >= 0.3 is 0 Å². The summed E-state index contributed by atoms with van der Waals surface area (Å²) in [4.78, 5) is 20.0. The Morgan fingerprint density at radius 3 is 2.58 bits per heavy atom. The van der Waals surface area contributed by atoms with Crippen LogP contribution < -0.4 is 10.6 Å². The molecule has 2 N–H and O–H groups in total. The molecule has 0 radical (unpaired) electrons. The number of nitrogens with one attached hydrogen (secondary N) is 2. The minimum absolute atomic E-state index is 0.0801. The molecule has 0 aliphatic rings. The Balaban J connectivity index is 1.43. The number of carbonyl (C=O) groups is 1. The van der Waals surface area contributed by atoms with Crippen molar-refractivity contribution in [3.8, 4) is 17.4 Å². The molecule has 4 rings (SSSR count). The number of hydrogen-bond acceptors (Lipinski definition) is 6. The normalized spacial score (nSPS) is 10.2. The van der Waals surface area contributed by atoms with E-state index in [0.29, 0.717) is 39.0 Å². The van der Waals surface area contributed by atoms with Crippen LogP contribution in [0.25, 0.3) is 16.2 Å². The first-order valence-electron chi connectivity index (χ1n) is 9.83. The SMILES string of the molecule is [C-]#[N+]c1ccc(-c2cnc(Nc3cc(NCC(=O)c4ccc(C#N)cc4)ccc3Cl)o2)cc1. The molecule has 0 aliphatic carbocycles. The topological polar surface area (TPSA) is 95.3 Å². The number of hydrogen-bond donors (Lipinski definition) is 2. The molecule has 7 nitrogen and oxygen atoms in total. The van der Waals surface area contributed by atoms with Gasteiger partial charge in [0, 0.05) is 16.8 Å². The minimum Gasteiger partial charge on any atom is -0.423 e. The smallest absolute Gasteiger partial charge is 0.299 e. The van der Waals surface area contributed by atoms with E-state index in [4.69, 9.17) is 27.9 Å². The van der Waals surface area contributed by atoms with Gasteiger partial charge in [-0.25, -0.2) is 9.83 Å². The monoisotopic (exact) mass is 453 g/mol. The van der Waals surface area contributed by atoms with Gasteiger partial charge in [0.15, 0.2) is 17.2 Å². The molecule has 0 bridgehead atoms. The van der Waals surface area contributed by atoms with Crippen LogP contribution in [0.2, 0.25) is 5.02 Å². The first-order valence-corrected chi connectivity index (χ1v) is 10.2. The van der Waals surface area contributed by atoms with Gasteiger partial charge in [0.05, 0.1) is 41.7 Å². The van der Waals surface area contributed by atoms with Crippen LogP contribution in [-0.2, 0) is 0 Å². The lowest BCUT2D eigenvalue weighted by atomic mass is 10.1. The third kappa shape index (κ3) is 5.19. The van der Waals surface area contributed by atoms with Crippen molar-refractivity contribution in [3.63, 3.8) is 0 Å². The lowest BCUT2D eigenvalue weighted by molar-refractivity contribution is 0.101. The molecule has 0 saturated heterocycles. The summed E-state index contributed by atoms with van der Waals surface area (Å²) in [6.45, 7) is 7.11. The third-order valence-corrected chi connectivity index (χ3v) is 5.11. The number of rotatable bonds is 7. The van der Waals surface area contributed by atoms with E-state index in [1.165, 1.54) is 0 Å². The highest BCUT2D eigenvalue weighted by Crippen LogP contribution is 2.30. The Morgan fingerprint density at radius 2 is 1.88 bits per heavy atom. The first kappa shape index (κ1) is 21.6. The van der Waals surface area contributed by atoms with Crippen molar-refractivity contribution < 1.29 is 9.21 Å². The molecule has 0 saturated carbocycles. The predicted octanol–water partition coefficient (Wildman–Crippen LogP) is 6.46. The van der Waals surface area contributed by atoms with Crippen molar-refractivity contribution in [1.29, 1.82) is 5.26 Å². The number of nitriles is 1. The van der Waals surface area contributed by atoms with Crippen LogP contribution in [0.3, 0.4) is 0 Å². The summed E-state index contributed by atoms with van der Waals surface area (Å²) in [5, 5.41) is 15.4. The van der Waals surface area contributed by atoms with Gasteiger partial charge in [0.1, 0.15) is 0 Å². The fourth-order valence-corrected chi connectivity index (χ4v) is 3.19. The average Bonchev–Trinajstić information content (AvgIpc) is 3.33. The first-order chi connectivity index (χ1) is 16.1. The molecule has 3 aromatic carbocycles. The van der Waals surface area contributed by atoms with E-state index in [9.17, 15) is 4.79 Å². The van der Waals surface area contributed by atoms with Crippen molar-refractivity contribution in [2.24, 2.45) is 0 Å². The summed E-state index contributed by atoms with van der Waals surface area (Å²) in [5.41, 5.74) is 3.61. The van der Waals surface area contributed by atoms with Gasteiger partial charge in [0.2, 0.25) is 0 Å². The van der Waals surface area contributed by atoms with Gasteiger partial charge in [-0.05, 0) is 30.3 Å². The van der Waals surface area contributed by atoms with Gasteiger partial charge < -0.3 is 15.1 Å². The zero-order valence-electron chi connectivity index (χ0n) is 17.2. The largest absolute Gasteiger partial charge is 0.423 e. The van der Waals surface area contributed by atoms with E-state index in [2.05, 4.69) is 20.5 Å². The number of oxazole rings is 1. The van der Waals surface area contributed by atoms with Gasteiger partial charge in [-0.3, -0.25) is 4.79 Å². The fraction of sp³-hybridized carbons (Fsp3) is 0.0400. The number of Topliss-reactive ketones (excluding diaryl/α,β-unsaturated/α-hetero) is 1. The zero-order chi connectivity index (χ0) is 23.2. The maximum atomic E-state index is 12.4. The van der Waals surface area contributed by atoms with Gasteiger partial charge in [0.25, 0.3) is 6.01 Å². The second-order valence-electron chi connectivity index (χ2n) is 6.97. The van der Waals surface area contributed by atoms with E-state index in [1.807, 2.05) is 6.07 Å². The molecular formula is C25H16ClN5O2. The van der Waals surface area contributed by atoms with Crippen LogP contribution in [0, 0.1) is 17.9 Å². The van der Waals surface area contributed by atoms with Crippen molar-refractivity contribution in [3.05, 3.63) is 100 Å². The number of ketones is 1. The highest BCUT2D eigenvalue weighted by molar-refractivity contribution is 6.33. The Labute approximate surface area is 195 Å². The molecule has 0 aliphatic heterocycles. The number of nitrogens with zero attached hydrogens (tertiary/aromatic N) is 3. The van der Waals surface area contributed by atoms with Crippen LogP contribution in [-0.4, -0.2) is 17.3 Å². The second-order valence-corrected chi connectivity index (χ2v) is 7.38. The Kier molecular flexibility index (Phi) is 6.36. The van der Waals surface area contributed by atoms with Crippen LogP contribution >= 0.6 is 11.6 Å². The molecule has 0 unspecified atom stereocenters. The fourth-order valence-electron chi connectivity index (χ4n) is 3.03. The van der Waals surface area contributed by atoms with Crippen LogP contribution in [0.4, 0.5) is 23.1 Å². The minimum atomic E-state index is -0.106. The van der Waals surface area contributed by atoms with E-state index < -0.39 is 0 Å². The van der Waals surface area contributed by atoms with E-state index in [1.54, 1.807) is 72.9 Å². The Bertz CT molecular complexity index is 1380. The molecule has 33 heavy (non-hydrogen) atoms. The van der Waals surface area contributed by atoms with E-state index in [-0.39, 0.29) is 18.3 Å². The van der Waals surface area contributed by atoms with Gasteiger partial charge in [-0.15, -0.1) is 0 Å². The van der Waals surface area contributed by atoms with Crippen LogP contribution in [0.15, 0.2) is 77.3 Å². The maximum Gasteiger partial charge on any atom is 0.299 e. The zero-order valence-corrected chi connectivity index (χ0v) is 17.9. The Hall–Kier alpha value is -4.59. The molecule has 1 aromatic heterocycles. The summed E-state index contributed by atoms with van der Waals surface area (Å²) in [7, 11) is 0. The lowest BCUT2D eigenvalue weighted by Gasteiger charge is -2.10. The number of benzene rings is 3. The Morgan fingerprint density at radius 1 is 1.12 bits per heavy atom. The average molecular weight is 454 g/mol. The van der Waals surface area contributed by atoms with Crippen molar-refractivity contribution in [2.45, 2.75) is 0 Å². The number of carbonyl (C=O) groups excluding carboxylic acids is 1. The molecule has 8 heteroatoms. The third-order valence-electron chi connectivity index (χ3n) is 4.78. The predicted molar refractivity (Wildman–Crippen MR) is 127 cm³/mol. The summed E-state index contributed by atoms with van der Waals surface area (Å²) in [6, 6.07) is 21.0. The summed E-state index contributed by atoms with van der Waals surface area (Å²) >= 11 is 6.31. The highest BCUT2D eigenvalue weighted by Gasteiger charge is 2.11. The molecule has 0 amide bonds. The van der Waals surface area contributed by atoms with E-state index >= 15 is 0 Å². The van der Waals surface area contributed by atoms with Crippen molar-refractivity contribution in [1.82, 2.24) is 4.98 Å². The molecule has 1 heterocycles. The quantitative estimate of drug-likeness (QED) is 0.246. The summed E-state index contributed by atoms with van der Waals surface area (Å²) < 4.78 is 5.76. The summed E-state index contributed by atoms with van der Waals surface area (Å²) in [5.74, 6) is 0.443. The molecule has 4 aromatic rings. The lowest BCUT2D eigenvalue weighted by Crippen LogP contribution is -2.14. The molecule has 0 spiro atoms. The van der Waals surface area contributed by atoms with Gasteiger partial charge in [-0.1, -0.05) is 48.0 Å². The summed E-state index contributed by atoms with van der Waals surface area (Å²) in [6.07, 6.45) is 1.58. The second kappa shape index (κ2) is 9.69. The standard InChI is InChI=1S/C25H16ClN5O2/c1-28-19-8-6-18(7-9-19)24-15-30-25(33-24)31-22-12-20(10-11-21(22)26)29-14-23(32)17-4-2-16(13-27)3-5-17/h2-12,15,29H,14H2,(H,30,31). The molecular weight excluding hydrogens is 438 g/mol. The number of aromatic nitrogens is 1. The van der Waals surface area contributed by atoms with E-state index in [0.717, 1.165) is 5.56 Å². The molecule has 0 fully saturated rings. The van der Waals surface area contributed by atoms with Crippen molar-refractivity contribution >= 4 is 40.5 Å². The number of anilines is 3. The van der Waals surface area contributed by atoms with Gasteiger partial charge in [-0.2, -0.15) is 5.26 Å².